The molecule has 0 radical (unpaired) electrons. The fourth-order valence-corrected chi connectivity index (χ4v) is 1.43. The molecule has 0 aromatic carbocycles. The van der Waals surface area contributed by atoms with Crippen LogP contribution in [0.15, 0.2) is 12.5 Å². The van der Waals surface area contributed by atoms with E-state index >= 15 is 0 Å². The molecule has 0 bridgehead atoms. The molecule has 98 valence electrons. The summed E-state index contributed by atoms with van der Waals surface area (Å²) in [5, 5.41) is 3.26. The molecular weight excluding hydrogens is 218 g/mol. The van der Waals surface area contributed by atoms with Crippen molar-refractivity contribution in [2.24, 2.45) is 0 Å². The Kier molecular flexibility index (Phi) is 7.62. The van der Waals surface area contributed by atoms with E-state index in [1.165, 1.54) is 0 Å². The van der Waals surface area contributed by atoms with Crippen LogP contribution in [0.5, 0.6) is 0 Å². The Labute approximate surface area is 103 Å². The minimum Gasteiger partial charge on any atom is -0.383 e. The Bertz CT molecular complexity index is 263. The molecule has 5 heteroatoms. The molecule has 0 saturated carbocycles. The molecule has 0 amide bonds. The molecule has 0 aliphatic heterocycles. The predicted octanol–water partition coefficient (Wildman–Crippen LogP) is 1.05. The molecule has 5 nitrogen and oxygen atoms in total. The lowest BCUT2D eigenvalue weighted by Crippen LogP contribution is -2.18. The molecule has 0 aliphatic carbocycles. The highest BCUT2D eigenvalue weighted by atomic mass is 16.5. The second kappa shape index (κ2) is 9.15. The zero-order valence-electron chi connectivity index (χ0n) is 10.8. The highest BCUT2D eigenvalue weighted by Crippen LogP contribution is 1.96. The first kappa shape index (κ1) is 14.2. The quantitative estimate of drug-likeness (QED) is 0.622. The maximum atomic E-state index is 5.43. The fraction of sp³-hybridized carbons (Fsp3) is 0.750. The van der Waals surface area contributed by atoms with Crippen LogP contribution >= 0.6 is 0 Å². The molecule has 0 atom stereocenters. The molecular formula is C12H23N3O2. The average molecular weight is 241 g/mol. The summed E-state index contributed by atoms with van der Waals surface area (Å²) in [6.45, 7) is 6.92. The van der Waals surface area contributed by atoms with Crippen LogP contribution in [0.3, 0.4) is 0 Å². The Morgan fingerprint density at radius 1 is 1.35 bits per heavy atom. The highest BCUT2D eigenvalue weighted by Gasteiger charge is 1.98. The normalized spacial score (nSPS) is 10.9. The summed E-state index contributed by atoms with van der Waals surface area (Å²) in [7, 11) is 1.70. The van der Waals surface area contributed by atoms with E-state index in [2.05, 4.69) is 28.0 Å². The van der Waals surface area contributed by atoms with Crippen molar-refractivity contribution < 1.29 is 9.47 Å². The van der Waals surface area contributed by atoms with Gasteiger partial charge in [0.1, 0.15) is 0 Å². The van der Waals surface area contributed by atoms with Crippen molar-refractivity contribution in [1.29, 1.82) is 0 Å². The minimum atomic E-state index is 0.728. The van der Waals surface area contributed by atoms with Gasteiger partial charge in [-0.2, -0.15) is 0 Å². The predicted molar refractivity (Wildman–Crippen MR) is 66.9 cm³/mol. The SMILES string of the molecule is CCCOCCn1cnc(CNCCOC)c1. The lowest BCUT2D eigenvalue weighted by molar-refractivity contribution is 0.127. The number of imidazole rings is 1. The lowest BCUT2D eigenvalue weighted by atomic mass is 10.4. The number of rotatable bonds is 10. The standard InChI is InChI=1S/C12H23N3O2/c1-3-6-17-8-5-15-10-12(14-11-15)9-13-4-7-16-2/h10-11,13H,3-9H2,1-2H3. The summed E-state index contributed by atoms with van der Waals surface area (Å²) in [6, 6.07) is 0. The molecule has 0 fully saturated rings. The van der Waals surface area contributed by atoms with E-state index in [1.807, 2.05) is 6.33 Å². The third-order valence-corrected chi connectivity index (χ3v) is 2.32. The van der Waals surface area contributed by atoms with Gasteiger partial charge in [0.2, 0.25) is 0 Å². The van der Waals surface area contributed by atoms with Crippen LogP contribution in [0.25, 0.3) is 0 Å². The maximum Gasteiger partial charge on any atom is 0.0950 e. The van der Waals surface area contributed by atoms with Crippen LogP contribution in [-0.2, 0) is 22.6 Å². The average Bonchev–Trinajstić information content (AvgIpc) is 2.78. The van der Waals surface area contributed by atoms with Gasteiger partial charge in [-0.15, -0.1) is 0 Å². The Balaban J connectivity index is 2.14. The summed E-state index contributed by atoms with van der Waals surface area (Å²) in [6.07, 6.45) is 4.97. The third-order valence-electron chi connectivity index (χ3n) is 2.32. The van der Waals surface area contributed by atoms with Gasteiger partial charge in [0.15, 0.2) is 0 Å². The van der Waals surface area contributed by atoms with Crippen LogP contribution < -0.4 is 5.32 Å². The fourth-order valence-electron chi connectivity index (χ4n) is 1.43. The lowest BCUT2D eigenvalue weighted by Gasteiger charge is -2.03. The van der Waals surface area contributed by atoms with E-state index in [1.54, 1.807) is 7.11 Å². The van der Waals surface area contributed by atoms with Crippen LogP contribution in [0, 0.1) is 0 Å². The molecule has 0 spiro atoms. The van der Waals surface area contributed by atoms with Gasteiger partial charge in [-0.05, 0) is 6.42 Å². The first-order chi connectivity index (χ1) is 8.36. The van der Waals surface area contributed by atoms with Crippen LogP contribution in [0.4, 0.5) is 0 Å². The van der Waals surface area contributed by atoms with E-state index in [4.69, 9.17) is 9.47 Å². The third kappa shape index (κ3) is 6.41. The summed E-state index contributed by atoms with van der Waals surface area (Å²) >= 11 is 0. The Morgan fingerprint density at radius 2 is 2.24 bits per heavy atom. The van der Waals surface area contributed by atoms with Crippen molar-refractivity contribution in [1.82, 2.24) is 14.9 Å². The Hall–Kier alpha value is -0.910. The molecule has 0 aliphatic rings. The summed E-state index contributed by atoms with van der Waals surface area (Å²) in [4.78, 5) is 4.32. The van der Waals surface area contributed by atoms with E-state index in [9.17, 15) is 0 Å². The van der Waals surface area contributed by atoms with Crippen LogP contribution in [-0.4, -0.2) is 43.0 Å². The summed E-state index contributed by atoms with van der Waals surface area (Å²) in [5.74, 6) is 0. The molecule has 1 N–H and O–H groups in total. The first-order valence-electron chi connectivity index (χ1n) is 6.15. The van der Waals surface area contributed by atoms with Crippen LogP contribution in [0.1, 0.15) is 19.0 Å². The van der Waals surface area contributed by atoms with E-state index in [-0.39, 0.29) is 0 Å². The maximum absolute atomic E-state index is 5.43. The molecule has 1 heterocycles. The van der Waals surface area contributed by atoms with Crippen molar-refractivity contribution in [3.05, 3.63) is 18.2 Å². The van der Waals surface area contributed by atoms with Gasteiger partial charge in [-0.1, -0.05) is 6.92 Å². The van der Waals surface area contributed by atoms with Crippen molar-refractivity contribution in [2.45, 2.75) is 26.4 Å². The van der Waals surface area contributed by atoms with E-state index in [0.29, 0.717) is 0 Å². The smallest absolute Gasteiger partial charge is 0.0950 e. The largest absolute Gasteiger partial charge is 0.383 e. The number of hydrogen-bond donors (Lipinski definition) is 1. The second-order valence-electron chi connectivity index (χ2n) is 3.88. The van der Waals surface area contributed by atoms with Gasteiger partial charge in [-0.25, -0.2) is 4.98 Å². The zero-order valence-corrected chi connectivity index (χ0v) is 10.8. The number of nitrogens with one attached hydrogen (secondary N) is 1. The summed E-state index contributed by atoms with van der Waals surface area (Å²) in [5.41, 5.74) is 1.05. The molecule has 1 aromatic heterocycles. The van der Waals surface area contributed by atoms with Gasteiger partial charge >= 0.3 is 0 Å². The van der Waals surface area contributed by atoms with Gasteiger partial charge in [0.05, 0.1) is 25.2 Å². The number of hydrogen-bond acceptors (Lipinski definition) is 4. The number of nitrogens with zero attached hydrogens (tertiary/aromatic N) is 2. The molecule has 1 rings (SSSR count). The van der Waals surface area contributed by atoms with Crippen molar-refractivity contribution >= 4 is 0 Å². The van der Waals surface area contributed by atoms with Gasteiger partial charge in [0, 0.05) is 39.5 Å². The highest BCUT2D eigenvalue weighted by molar-refractivity contribution is 4.95. The van der Waals surface area contributed by atoms with Gasteiger partial charge < -0.3 is 19.4 Å². The molecule has 1 aromatic rings. The van der Waals surface area contributed by atoms with E-state index in [0.717, 1.165) is 51.6 Å². The van der Waals surface area contributed by atoms with Gasteiger partial charge in [-0.3, -0.25) is 0 Å². The summed E-state index contributed by atoms with van der Waals surface area (Å²) < 4.78 is 12.4. The van der Waals surface area contributed by atoms with Crippen LogP contribution in [0.2, 0.25) is 0 Å². The molecule has 0 saturated heterocycles. The van der Waals surface area contributed by atoms with Gasteiger partial charge in [0.25, 0.3) is 0 Å². The number of aromatic nitrogens is 2. The number of ether oxygens (including phenoxy) is 2. The second-order valence-corrected chi connectivity index (χ2v) is 3.88. The monoisotopic (exact) mass is 241 g/mol. The number of methoxy groups -OCH3 is 1. The Morgan fingerprint density at radius 3 is 3.00 bits per heavy atom. The zero-order chi connectivity index (χ0) is 12.3. The first-order valence-corrected chi connectivity index (χ1v) is 6.15. The van der Waals surface area contributed by atoms with Crippen molar-refractivity contribution in [2.75, 3.05) is 33.5 Å². The van der Waals surface area contributed by atoms with E-state index < -0.39 is 0 Å². The molecule has 0 unspecified atom stereocenters. The topological polar surface area (TPSA) is 48.3 Å². The van der Waals surface area contributed by atoms with Crippen molar-refractivity contribution in [3.8, 4) is 0 Å². The minimum absolute atomic E-state index is 0.728. The van der Waals surface area contributed by atoms with Crippen molar-refractivity contribution in [3.63, 3.8) is 0 Å². The molecule has 17 heavy (non-hydrogen) atoms.